The number of hydrogen-bond acceptors (Lipinski definition) is 2. The fraction of sp³-hybridized carbons (Fsp3) is 0.429. The van der Waals surface area contributed by atoms with Crippen LogP contribution in [0.3, 0.4) is 0 Å². The van der Waals surface area contributed by atoms with Gasteiger partial charge in [0.15, 0.2) is 0 Å². The molecule has 0 aromatic carbocycles. The van der Waals surface area contributed by atoms with Crippen LogP contribution in [0, 0.1) is 11.8 Å². The highest BCUT2D eigenvalue weighted by atomic mass is 16.7. The maximum Gasteiger partial charge on any atom is 0.312 e. The summed E-state index contributed by atoms with van der Waals surface area (Å²) in [5, 5.41) is 0. The molecular weight excluding hydrogens is 116 g/mol. The summed E-state index contributed by atoms with van der Waals surface area (Å²) < 4.78 is 10.0. The van der Waals surface area contributed by atoms with Gasteiger partial charge in [-0.25, -0.2) is 0 Å². The lowest BCUT2D eigenvalue weighted by Gasteiger charge is -2.14. The molecule has 9 heavy (non-hydrogen) atoms. The van der Waals surface area contributed by atoms with E-state index >= 15 is 0 Å². The topological polar surface area (TPSA) is 18.5 Å². The van der Waals surface area contributed by atoms with Gasteiger partial charge in [0, 0.05) is 6.92 Å². The fourth-order valence-corrected chi connectivity index (χ4v) is 0.629. The molecule has 0 amide bonds. The molecule has 0 aliphatic carbocycles. The van der Waals surface area contributed by atoms with Crippen molar-refractivity contribution in [2.75, 3.05) is 0 Å². The Kier molecular flexibility index (Phi) is 1.35. The summed E-state index contributed by atoms with van der Waals surface area (Å²) in [6.07, 6.45) is 2.98. The Labute approximate surface area is 54.5 Å². The average molecular weight is 124 g/mol. The molecule has 0 bridgehead atoms. The van der Waals surface area contributed by atoms with Crippen LogP contribution in [0.4, 0.5) is 0 Å². The second kappa shape index (κ2) is 2.02. The molecular formula is C7H8O2. The minimum atomic E-state index is -0.727. The molecule has 48 valence electrons. The zero-order valence-corrected chi connectivity index (χ0v) is 5.47. The largest absolute Gasteiger partial charge is 0.447 e. The Morgan fingerprint density at radius 2 is 1.89 bits per heavy atom. The van der Waals surface area contributed by atoms with Crippen molar-refractivity contribution in [3.8, 4) is 11.8 Å². The van der Waals surface area contributed by atoms with Gasteiger partial charge in [-0.3, -0.25) is 0 Å². The third-order valence-corrected chi connectivity index (χ3v) is 0.993. The first kappa shape index (κ1) is 6.03. The van der Waals surface area contributed by atoms with Crippen LogP contribution >= 0.6 is 0 Å². The Morgan fingerprint density at radius 3 is 2.33 bits per heavy atom. The highest BCUT2D eigenvalue weighted by molar-refractivity contribution is 5.09. The maximum atomic E-state index is 5.00. The smallest absolute Gasteiger partial charge is 0.312 e. The Bertz CT molecular complexity index is 175. The van der Waals surface area contributed by atoms with Crippen LogP contribution in [0.25, 0.3) is 0 Å². The van der Waals surface area contributed by atoms with Crippen LogP contribution in [0.2, 0.25) is 0 Å². The third kappa shape index (κ3) is 1.17. The van der Waals surface area contributed by atoms with Gasteiger partial charge in [-0.05, 0) is 12.8 Å². The van der Waals surface area contributed by atoms with Crippen LogP contribution < -0.4 is 0 Å². The van der Waals surface area contributed by atoms with Crippen LogP contribution in [0.5, 0.6) is 0 Å². The molecule has 2 nitrogen and oxygen atoms in total. The van der Waals surface area contributed by atoms with Gasteiger partial charge < -0.3 is 9.47 Å². The lowest BCUT2D eigenvalue weighted by atomic mass is 10.3. The molecule has 0 fully saturated rings. The SMILES string of the molecule is CC#CC1(C)OC=CO1. The van der Waals surface area contributed by atoms with Crippen LogP contribution in [0.15, 0.2) is 12.5 Å². The lowest BCUT2D eigenvalue weighted by Crippen LogP contribution is -2.22. The van der Waals surface area contributed by atoms with Crippen molar-refractivity contribution in [1.29, 1.82) is 0 Å². The lowest BCUT2D eigenvalue weighted by molar-refractivity contribution is -0.0731. The summed E-state index contributed by atoms with van der Waals surface area (Å²) >= 11 is 0. The minimum absolute atomic E-state index is 0.727. The number of hydrogen-bond donors (Lipinski definition) is 0. The fourth-order valence-electron chi connectivity index (χ4n) is 0.629. The highest BCUT2D eigenvalue weighted by Gasteiger charge is 2.25. The molecule has 1 rings (SSSR count). The summed E-state index contributed by atoms with van der Waals surface area (Å²) in [7, 11) is 0. The number of ether oxygens (including phenoxy) is 2. The molecule has 0 aromatic heterocycles. The molecule has 0 saturated carbocycles. The van der Waals surface area contributed by atoms with E-state index in [-0.39, 0.29) is 0 Å². The molecule has 0 atom stereocenters. The average Bonchev–Trinajstić information content (AvgIpc) is 2.16. The second-order valence-corrected chi connectivity index (χ2v) is 1.83. The van der Waals surface area contributed by atoms with Crippen molar-refractivity contribution in [3.63, 3.8) is 0 Å². The summed E-state index contributed by atoms with van der Waals surface area (Å²) in [5.41, 5.74) is 0. The van der Waals surface area contributed by atoms with Crippen molar-refractivity contribution >= 4 is 0 Å². The van der Waals surface area contributed by atoms with Gasteiger partial charge in [0.2, 0.25) is 0 Å². The molecule has 2 heteroatoms. The molecule has 0 saturated heterocycles. The van der Waals surface area contributed by atoms with E-state index in [1.54, 1.807) is 13.8 Å². The van der Waals surface area contributed by atoms with E-state index in [0.717, 1.165) is 0 Å². The highest BCUT2D eigenvalue weighted by Crippen LogP contribution is 2.17. The standard InChI is InChI=1S/C7H8O2/c1-3-4-7(2)8-5-6-9-7/h5-6H,1-2H3. The quantitative estimate of drug-likeness (QED) is 0.452. The van der Waals surface area contributed by atoms with E-state index in [1.165, 1.54) is 12.5 Å². The van der Waals surface area contributed by atoms with E-state index in [4.69, 9.17) is 9.47 Å². The predicted octanol–water partition coefficient (Wildman–Crippen LogP) is 1.24. The van der Waals surface area contributed by atoms with Gasteiger partial charge in [-0.1, -0.05) is 5.92 Å². The maximum absolute atomic E-state index is 5.00. The summed E-state index contributed by atoms with van der Waals surface area (Å²) in [6, 6.07) is 0. The van der Waals surface area contributed by atoms with Crippen molar-refractivity contribution in [3.05, 3.63) is 12.5 Å². The van der Waals surface area contributed by atoms with E-state index in [9.17, 15) is 0 Å². The first-order valence-corrected chi connectivity index (χ1v) is 2.71. The molecule has 0 radical (unpaired) electrons. The first-order chi connectivity index (χ1) is 4.27. The molecule has 1 aliphatic heterocycles. The van der Waals surface area contributed by atoms with Crippen LogP contribution in [-0.2, 0) is 9.47 Å². The number of rotatable bonds is 0. The zero-order valence-electron chi connectivity index (χ0n) is 5.47. The van der Waals surface area contributed by atoms with E-state index in [0.29, 0.717) is 0 Å². The van der Waals surface area contributed by atoms with E-state index in [1.807, 2.05) is 0 Å². The van der Waals surface area contributed by atoms with Crippen molar-refractivity contribution in [1.82, 2.24) is 0 Å². The van der Waals surface area contributed by atoms with Gasteiger partial charge in [0.1, 0.15) is 12.5 Å². The predicted molar refractivity (Wildman–Crippen MR) is 33.2 cm³/mol. The van der Waals surface area contributed by atoms with Crippen molar-refractivity contribution in [2.24, 2.45) is 0 Å². The van der Waals surface area contributed by atoms with Gasteiger partial charge in [0.05, 0.1) is 0 Å². The first-order valence-electron chi connectivity index (χ1n) is 2.71. The van der Waals surface area contributed by atoms with Gasteiger partial charge in [-0.2, -0.15) is 0 Å². The third-order valence-electron chi connectivity index (χ3n) is 0.993. The minimum Gasteiger partial charge on any atom is -0.447 e. The Morgan fingerprint density at radius 1 is 1.33 bits per heavy atom. The normalized spacial score (nSPS) is 19.3. The summed E-state index contributed by atoms with van der Waals surface area (Å²) in [4.78, 5) is 0. The van der Waals surface area contributed by atoms with Gasteiger partial charge >= 0.3 is 5.79 Å². The van der Waals surface area contributed by atoms with Crippen LogP contribution in [-0.4, -0.2) is 5.79 Å². The molecule has 0 N–H and O–H groups in total. The molecule has 0 aromatic rings. The molecule has 0 unspecified atom stereocenters. The summed E-state index contributed by atoms with van der Waals surface area (Å²) in [5.74, 6) is 4.75. The van der Waals surface area contributed by atoms with Crippen molar-refractivity contribution < 1.29 is 9.47 Å². The molecule has 0 spiro atoms. The Hall–Kier alpha value is -1.10. The monoisotopic (exact) mass is 124 g/mol. The molecule has 1 heterocycles. The van der Waals surface area contributed by atoms with E-state index in [2.05, 4.69) is 11.8 Å². The van der Waals surface area contributed by atoms with Gasteiger partial charge in [-0.15, -0.1) is 0 Å². The molecule has 1 aliphatic rings. The van der Waals surface area contributed by atoms with Crippen molar-refractivity contribution in [2.45, 2.75) is 19.6 Å². The summed E-state index contributed by atoms with van der Waals surface area (Å²) in [6.45, 7) is 3.51. The van der Waals surface area contributed by atoms with E-state index < -0.39 is 5.79 Å². The Balaban J connectivity index is 2.62. The van der Waals surface area contributed by atoms with Crippen LogP contribution in [0.1, 0.15) is 13.8 Å². The van der Waals surface area contributed by atoms with Gasteiger partial charge in [0.25, 0.3) is 0 Å². The zero-order chi connectivity index (χ0) is 6.74. The second-order valence-electron chi connectivity index (χ2n) is 1.83.